The highest BCUT2D eigenvalue weighted by atomic mass is 35.5. The Kier molecular flexibility index (Phi) is 6.91. The topological polar surface area (TPSA) is 72.5 Å². The summed E-state index contributed by atoms with van der Waals surface area (Å²) in [5.74, 6) is -2.13. The van der Waals surface area contributed by atoms with E-state index >= 15 is 0 Å². The molecule has 0 aromatic heterocycles. The molecule has 144 valence electrons. The van der Waals surface area contributed by atoms with Gasteiger partial charge in [-0.3, -0.25) is 14.4 Å². The van der Waals surface area contributed by atoms with Gasteiger partial charge in [0, 0.05) is 16.0 Å². The minimum Gasteiger partial charge on any atom is -0.466 e. The Hall–Kier alpha value is -2.47. The Morgan fingerprint density at radius 3 is 2.52 bits per heavy atom. The van der Waals surface area contributed by atoms with E-state index in [9.17, 15) is 18.8 Å². The molecule has 0 aliphatic heterocycles. The van der Waals surface area contributed by atoms with Crippen molar-refractivity contribution in [2.24, 2.45) is 5.41 Å². The molecule has 1 aliphatic rings. The van der Waals surface area contributed by atoms with Gasteiger partial charge in [0.05, 0.1) is 12.6 Å². The highest BCUT2D eigenvalue weighted by Crippen LogP contribution is 2.35. The summed E-state index contributed by atoms with van der Waals surface area (Å²) in [6.07, 6.45) is 5.10. The molecule has 1 aromatic carbocycles. The van der Waals surface area contributed by atoms with Gasteiger partial charge in [0.15, 0.2) is 5.78 Å². The van der Waals surface area contributed by atoms with Crippen LogP contribution in [0.15, 0.2) is 47.5 Å². The molecule has 0 saturated heterocycles. The third-order valence-corrected chi connectivity index (χ3v) is 4.63. The van der Waals surface area contributed by atoms with Crippen molar-refractivity contribution in [3.63, 3.8) is 0 Å². The fourth-order valence-corrected chi connectivity index (χ4v) is 2.96. The third kappa shape index (κ3) is 5.50. The largest absolute Gasteiger partial charge is 0.466 e. The van der Waals surface area contributed by atoms with E-state index < -0.39 is 41.4 Å². The van der Waals surface area contributed by atoms with Gasteiger partial charge in [0.25, 0.3) is 5.91 Å². The SMILES string of the molecule is CCOC(=O)CC(=O)C(NC(=O)c1ccc(F)cc1)C1(C)C=CC(Cl)=CC1. The molecule has 2 rings (SSSR count). The van der Waals surface area contributed by atoms with Crippen LogP contribution in [0.3, 0.4) is 0 Å². The number of benzene rings is 1. The van der Waals surface area contributed by atoms with Crippen LogP contribution < -0.4 is 5.32 Å². The zero-order chi connectivity index (χ0) is 20.0. The summed E-state index contributed by atoms with van der Waals surface area (Å²) < 4.78 is 17.9. The number of hydrogen-bond acceptors (Lipinski definition) is 4. The van der Waals surface area contributed by atoms with E-state index in [0.717, 1.165) is 12.1 Å². The Labute approximate surface area is 162 Å². The molecule has 1 N–H and O–H groups in total. The van der Waals surface area contributed by atoms with Crippen molar-refractivity contribution in [2.75, 3.05) is 6.61 Å². The van der Waals surface area contributed by atoms with Crippen LogP contribution in [0.25, 0.3) is 0 Å². The van der Waals surface area contributed by atoms with Gasteiger partial charge in [-0.2, -0.15) is 0 Å². The number of esters is 1. The van der Waals surface area contributed by atoms with Crippen molar-refractivity contribution < 1.29 is 23.5 Å². The molecule has 1 amide bonds. The van der Waals surface area contributed by atoms with Crippen LogP contribution >= 0.6 is 11.6 Å². The average Bonchev–Trinajstić information content (AvgIpc) is 2.62. The monoisotopic (exact) mass is 393 g/mol. The highest BCUT2D eigenvalue weighted by Gasteiger charge is 2.39. The van der Waals surface area contributed by atoms with Gasteiger partial charge in [-0.15, -0.1) is 0 Å². The second-order valence-corrected chi connectivity index (χ2v) is 6.93. The fraction of sp³-hybridized carbons (Fsp3) is 0.350. The normalized spacial score (nSPS) is 19.8. The molecule has 5 nitrogen and oxygen atoms in total. The second-order valence-electron chi connectivity index (χ2n) is 6.49. The number of carbonyl (C=O) groups is 3. The first-order valence-corrected chi connectivity index (χ1v) is 8.92. The van der Waals surface area contributed by atoms with Gasteiger partial charge >= 0.3 is 5.97 Å². The highest BCUT2D eigenvalue weighted by molar-refractivity contribution is 6.31. The molecule has 7 heteroatoms. The van der Waals surface area contributed by atoms with Crippen LogP contribution in [0.1, 0.15) is 37.0 Å². The van der Waals surface area contributed by atoms with Gasteiger partial charge < -0.3 is 10.1 Å². The van der Waals surface area contributed by atoms with Crippen LogP contribution in [-0.4, -0.2) is 30.3 Å². The molecular formula is C20H21ClFNO4. The third-order valence-electron chi connectivity index (χ3n) is 4.35. The minimum absolute atomic E-state index is 0.161. The van der Waals surface area contributed by atoms with Crippen LogP contribution in [0.5, 0.6) is 0 Å². The fourth-order valence-electron chi connectivity index (χ4n) is 2.82. The lowest BCUT2D eigenvalue weighted by atomic mass is 9.74. The number of halogens is 2. The number of hydrogen-bond donors (Lipinski definition) is 1. The zero-order valence-corrected chi connectivity index (χ0v) is 15.9. The van der Waals surface area contributed by atoms with Crippen molar-refractivity contribution in [3.05, 3.63) is 58.9 Å². The molecule has 0 saturated carbocycles. The maximum Gasteiger partial charge on any atom is 0.313 e. The lowest BCUT2D eigenvalue weighted by molar-refractivity contribution is -0.146. The number of rotatable bonds is 7. The molecule has 0 heterocycles. The first kappa shape index (κ1) is 20.8. The zero-order valence-electron chi connectivity index (χ0n) is 15.1. The van der Waals surface area contributed by atoms with Crippen molar-refractivity contribution in [1.82, 2.24) is 5.32 Å². The van der Waals surface area contributed by atoms with Crippen molar-refractivity contribution in [1.29, 1.82) is 0 Å². The van der Waals surface area contributed by atoms with Gasteiger partial charge in [-0.1, -0.05) is 30.7 Å². The Bertz CT molecular complexity index is 788. The number of ether oxygens (including phenoxy) is 1. The Morgan fingerprint density at radius 2 is 1.96 bits per heavy atom. The molecule has 0 spiro atoms. The molecular weight excluding hydrogens is 373 g/mol. The average molecular weight is 394 g/mol. The summed E-state index contributed by atoms with van der Waals surface area (Å²) in [5.41, 5.74) is -0.556. The van der Waals surface area contributed by atoms with E-state index in [1.165, 1.54) is 12.1 Å². The first-order valence-electron chi connectivity index (χ1n) is 8.55. The minimum atomic E-state index is -0.975. The Morgan fingerprint density at radius 1 is 1.30 bits per heavy atom. The summed E-state index contributed by atoms with van der Waals surface area (Å²) in [4.78, 5) is 37.1. The summed E-state index contributed by atoms with van der Waals surface area (Å²) in [7, 11) is 0. The number of carbonyl (C=O) groups excluding carboxylic acids is 3. The first-order chi connectivity index (χ1) is 12.7. The van der Waals surface area contributed by atoms with E-state index in [1.807, 2.05) is 0 Å². The molecule has 0 bridgehead atoms. The summed E-state index contributed by atoms with van der Waals surface area (Å²) in [6, 6.07) is 4.00. The summed E-state index contributed by atoms with van der Waals surface area (Å²) >= 11 is 5.96. The number of nitrogens with one attached hydrogen (secondary N) is 1. The van der Waals surface area contributed by atoms with Crippen LogP contribution in [0.4, 0.5) is 4.39 Å². The number of ketones is 1. The van der Waals surface area contributed by atoms with E-state index in [-0.39, 0.29) is 12.2 Å². The smallest absolute Gasteiger partial charge is 0.313 e. The lowest BCUT2D eigenvalue weighted by Crippen LogP contribution is -2.51. The van der Waals surface area contributed by atoms with E-state index in [1.54, 1.807) is 32.1 Å². The quantitative estimate of drug-likeness (QED) is 0.568. The number of Topliss-reactive ketones (excluding diaryl/α,β-unsaturated/α-hetero) is 1. The van der Waals surface area contributed by atoms with Crippen molar-refractivity contribution in [2.45, 2.75) is 32.7 Å². The molecule has 2 unspecified atom stereocenters. The second kappa shape index (κ2) is 8.95. The summed E-state index contributed by atoms with van der Waals surface area (Å²) in [5, 5.41) is 3.22. The number of allylic oxidation sites excluding steroid dienone is 3. The predicted molar refractivity (Wildman–Crippen MR) is 99.7 cm³/mol. The predicted octanol–water partition coefficient (Wildman–Crippen LogP) is 3.54. The van der Waals surface area contributed by atoms with Crippen LogP contribution in [0, 0.1) is 11.2 Å². The molecule has 1 aliphatic carbocycles. The molecule has 1 aromatic rings. The van der Waals surface area contributed by atoms with Crippen molar-refractivity contribution in [3.8, 4) is 0 Å². The standard InChI is InChI=1S/C20H21ClFNO4/c1-3-27-17(25)12-16(24)18(20(2)10-8-14(21)9-11-20)23-19(26)13-4-6-15(22)7-5-13/h4-10,18H,3,11-12H2,1-2H3,(H,23,26). The van der Waals surface area contributed by atoms with E-state index in [2.05, 4.69) is 5.32 Å². The van der Waals surface area contributed by atoms with Gasteiger partial charge in [-0.05, 0) is 43.7 Å². The number of amides is 1. The van der Waals surface area contributed by atoms with Crippen LogP contribution in [-0.2, 0) is 14.3 Å². The van der Waals surface area contributed by atoms with Gasteiger partial charge in [0.2, 0.25) is 0 Å². The molecule has 0 radical (unpaired) electrons. The molecule has 0 fully saturated rings. The molecule has 2 atom stereocenters. The van der Waals surface area contributed by atoms with Gasteiger partial charge in [-0.25, -0.2) is 4.39 Å². The molecule has 27 heavy (non-hydrogen) atoms. The lowest BCUT2D eigenvalue weighted by Gasteiger charge is -2.35. The maximum atomic E-state index is 13.1. The van der Waals surface area contributed by atoms with E-state index in [0.29, 0.717) is 11.5 Å². The Balaban J connectivity index is 2.25. The van der Waals surface area contributed by atoms with Crippen LogP contribution in [0.2, 0.25) is 0 Å². The maximum absolute atomic E-state index is 13.1. The summed E-state index contributed by atoms with van der Waals surface area (Å²) in [6.45, 7) is 3.60. The van der Waals surface area contributed by atoms with Crippen molar-refractivity contribution >= 4 is 29.3 Å². The van der Waals surface area contributed by atoms with Gasteiger partial charge in [0.1, 0.15) is 12.2 Å². The van der Waals surface area contributed by atoms with E-state index in [4.69, 9.17) is 16.3 Å².